The number of carbonyl (C=O) groups is 1. The van der Waals surface area contributed by atoms with Crippen LogP contribution in [-0.4, -0.2) is 32.8 Å². The normalized spacial score (nSPS) is 13.9. The molecule has 2 aromatic heterocycles. The van der Waals surface area contributed by atoms with E-state index in [2.05, 4.69) is 32.0 Å². The molecule has 0 N–H and O–H groups in total. The minimum Gasteiger partial charge on any atom is -0.443 e. The second-order valence-electron chi connectivity index (χ2n) is 7.29. The van der Waals surface area contributed by atoms with Crippen molar-refractivity contribution < 1.29 is 9.53 Å². The lowest BCUT2D eigenvalue weighted by Crippen LogP contribution is -2.35. The highest BCUT2D eigenvalue weighted by molar-refractivity contribution is 9.10. The van der Waals surface area contributed by atoms with Crippen molar-refractivity contribution >= 4 is 38.9 Å². The Labute approximate surface area is 159 Å². The molecule has 0 saturated heterocycles. The monoisotopic (exact) mass is 414 g/mol. The summed E-state index contributed by atoms with van der Waals surface area (Å²) in [7, 11) is 0. The Morgan fingerprint density at radius 3 is 2.81 bits per heavy atom. The van der Waals surface area contributed by atoms with Gasteiger partial charge in [0.2, 0.25) is 0 Å². The average molecular weight is 415 g/mol. The van der Waals surface area contributed by atoms with Gasteiger partial charge in [0.1, 0.15) is 22.0 Å². The maximum Gasteiger partial charge on any atom is 0.414 e. The number of amides is 1. The average Bonchev–Trinajstić information content (AvgIpc) is 3.15. The summed E-state index contributed by atoms with van der Waals surface area (Å²) in [5, 5.41) is 0. The smallest absolute Gasteiger partial charge is 0.414 e. The molecule has 1 aliphatic rings. The van der Waals surface area contributed by atoms with Crippen LogP contribution in [-0.2, 0) is 11.2 Å². The molecule has 1 aromatic carbocycles. The summed E-state index contributed by atoms with van der Waals surface area (Å²) >= 11 is 3.41. The zero-order valence-electron chi connectivity index (χ0n) is 14.9. The summed E-state index contributed by atoms with van der Waals surface area (Å²) in [5.41, 5.74) is 3.99. The van der Waals surface area contributed by atoms with Crippen LogP contribution < -0.4 is 4.90 Å². The number of benzene rings is 1. The third kappa shape index (κ3) is 3.07. The second kappa shape index (κ2) is 6.09. The number of hydrogen-bond donors (Lipinski definition) is 0. The summed E-state index contributed by atoms with van der Waals surface area (Å²) < 4.78 is 8.22. The lowest BCUT2D eigenvalue weighted by Gasteiger charge is -2.25. The van der Waals surface area contributed by atoms with Crippen LogP contribution in [0.3, 0.4) is 0 Å². The van der Waals surface area contributed by atoms with Crippen molar-refractivity contribution in [3.05, 3.63) is 46.8 Å². The van der Waals surface area contributed by atoms with Crippen molar-refractivity contribution in [1.29, 1.82) is 0 Å². The largest absolute Gasteiger partial charge is 0.443 e. The molecule has 0 aliphatic carbocycles. The third-order valence-corrected chi connectivity index (χ3v) is 4.66. The first-order chi connectivity index (χ1) is 12.3. The minimum absolute atomic E-state index is 0.315. The van der Waals surface area contributed by atoms with Gasteiger partial charge in [-0.1, -0.05) is 6.07 Å². The molecule has 1 amide bonds. The molecule has 134 valence electrons. The van der Waals surface area contributed by atoms with Crippen LogP contribution >= 0.6 is 15.9 Å². The lowest BCUT2D eigenvalue weighted by molar-refractivity contribution is 0.0584. The Balaban J connectivity index is 1.74. The Kier molecular flexibility index (Phi) is 3.99. The Hall–Kier alpha value is -2.41. The summed E-state index contributed by atoms with van der Waals surface area (Å²) in [4.78, 5) is 23.2. The van der Waals surface area contributed by atoms with E-state index in [1.54, 1.807) is 11.2 Å². The second-order valence-corrected chi connectivity index (χ2v) is 8.10. The predicted molar refractivity (Wildman–Crippen MR) is 104 cm³/mol. The zero-order chi connectivity index (χ0) is 18.5. The van der Waals surface area contributed by atoms with Gasteiger partial charge in [-0.15, -0.1) is 0 Å². The van der Waals surface area contributed by atoms with Crippen molar-refractivity contribution in [3.8, 4) is 5.69 Å². The van der Waals surface area contributed by atoms with Gasteiger partial charge in [-0.2, -0.15) is 0 Å². The van der Waals surface area contributed by atoms with Crippen molar-refractivity contribution in [2.24, 2.45) is 0 Å². The van der Waals surface area contributed by atoms with Crippen LogP contribution in [0.25, 0.3) is 16.9 Å². The van der Waals surface area contributed by atoms with Crippen molar-refractivity contribution in [1.82, 2.24) is 14.5 Å². The molecule has 4 rings (SSSR count). The standard InChI is InChI=1S/C19H19BrN4O2/c1-19(2,3)26-18(25)23-9-8-12-4-5-13(10-15(12)23)24-11-21-14-6-7-16(20)22-17(14)24/h4-7,10-11H,8-9H2,1-3H3. The molecule has 0 bridgehead atoms. The summed E-state index contributed by atoms with van der Waals surface area (Å²) in [6.07, 6.45) is 2.26. The fourth-order valence-electron chi connectivity index (χ4n) is 3.08. The highest BCUT2D eigenvalue weighted by Crippen LogP contribution is 2.32. The summed E-state index contributed by atoms with van der Waals surface area (Å²) in [5.74, 6) is 0. The number of ether oxygens (including phenoxy) is 1. The summed E-state index contributed by atoms with van der Waals surface area (Å²) in [6.45, 7) is 6.25. The number of nitrogens with zero attached hydrogens (tertiary/aromatic N) is 4. The molecular weight excluding hydrogens is 396 g/mol. The molecule has 0 fully saturated rings. The SMILES string of the molecule is CC(C)(C)OC(=O)N1CCc2ccc(-n3cnc4ccc(Br)nc43)cc21. The first-order valence-corrected chi connectivity index (χ1v) is 9.24. The van der Waals surface area contributed by atoms with E-state index >= 15 is 0 Å². The molecule has 7 heteroatoms. The fraction of sp³-hybridized carbons (Fsp3) is 0.316. The van der Waals surface area contributed by atoms with E-state index in [4.69, 9.17) is 4.74 Å². The van der Waals surface area contributed by atoms with Crippen molar-refractivity contribution in [3.63, 3.8) is 0 Å². The molecule has 0 atom stereocenters. The molecule has 0 saturated carbocycles. The number of hydrogen-bond acceptors (Lipinski definition) is 4. The van der Waals surface area contributed by atoms with E-state index < -0.39 is 5.60 Å². The Morgan fingerprint density at radius 2 is 2.04 bits per heavy atom. The van der Waals surface area contributed by atoms with Gasteiger partial charge in [0, 0.05) is 6.54 Å². The van der Waals surface area contributed by atoms with E-state index in [0.717, 1.165) is 39.1 Å². The van der Waals surface area contributed by atoms with Crippen molar-refractivity contribution in [2.75, 3.05) is 11.4 Å². The van der Waals surface area contributed by atoms with Gasteiger partial charge in [-0.05, 0) is 73.0 Å². The maximum absolute atomic E-state index is 12.5. The highest BCUT2D eigenvalue weighted by Gasteiger charge is 2.29. The Morgan fingerprint density at radius 1 is 1.23 bits per heavy atom. The van der Waals surface area contributed by atoms with Gasteiger partial charge in [-0.25, -0.2) is 14.8 Å². The number of imidazole rings is 1. The molecule has 0 spiro atoms. The van der Waals surface area contributed by atoms with Gasteiger partial charge < -0.3 is 4.74 Å². The molecule has 3 heterocycles. The molecular formula is C19H19BrN4O2. The quantitative estimate of drug-likeness (QED) is 0.550. The van der Waals surface area contributed by atoms with Gasteiger partial charge in [0.25, 0.3) is 0 Å². The summed E-state index contributed by atoms with van der Waals surface area (Å²) in [6, 6.07) is 9.87. The number of carbonyl (C=O) groups excluding carboxylic acids is 1. The van der Waals surface area contributed by atoms with Crippen LogP contribution in [0.4, 0.5) is 10.5 Å². The molecule has 0 unspecified atom stereocenters. The number of anilines is 1. The van der Waals surface area contributed by atoms with E-state index in [-0.39, 0.29) is 6.09 Å². The number of rotatable bonds is 1. The van der Waals surface area contributed by atoms with Gasteiger partial charge >= 0.3 is 6.09 Å². The topological polar surface area (TPSA) is 60.2 Å². The first kappa shape index (κ1) is 17.0. The number of fused-ring (bicyclic) bond motifs is 2. The van der Waals surface area contributed by atoms with Crippen LogP contribution in [0.15, 0.2) is 41.3 Å². The van der Waals surface area contributed by atoms with Crippen LogP contribution in [0.5, 0.6) is 0 Å². The van der Waals surface area contributed by atoms with Crippen molar-refractivity contribution in [2.45, 2.75) is 32.8 Å². The maximum atomic E-state index is 12.5. The van der Waals surface area contributed by atoms with E-state index in [1.807, 2.05) is 49.6 Å². The minimum atomic E-state index is -0.520. The zero-order valence-corrected chi connectivity index (χ0v) is 16.4. The first-order valence-electron chi connectivity index (χ1n) is 8.45. The molecule has 0 radical (unpaired) electrons. The van der Waals surface area contributed by atoms with E-state index in [9.17, 15) is 4.79 Å². The predicted octanol–water partition coefficient (Wildman–Crippen LogP) is 4.48. The van der Waals surface area contributed by atoms with Gasteiger partial charge in [0.05, 0.1) is 11.4 Å². The number of pyridine rings is 1. The van der Waals surface area contributed by atoms with Gasteiger partial charge in [-0.3, -0.25) is 9.47 Å². The molecule has 3 aromatic rings. The van der Waals surface area contributed by atoms with E-state index in [0.29, 0.717) is 6.54 Å². The molecule has 6 nitrogen and oxygen atoms in total. The number of aromatic nitrogens is 3. The highest BCUT2D eigenvalue weighted by atomic mass is 79.9. The lowest BCUT2D eigenvalue weighted by atomic mass is 10.1. The van der Waals surface area contributed by atoms with Crippen LogP contribution in [0.2, 0.25) is 0 Å². The van der Waals surface area contributed by atoms with Gasteiger partial charge in [0.15, 0.2) is 5.65 Å². The van der Waals surface area contributed by atoms with Crippen LogP contribution in [0, 0.1) is 0 Å². The van der Waals surface area contributed by atoms with Crippen LogP contribution in [0.1, 0.15) is 26.3 Å². The molecule has 26 heavy (non-hydrogen) atoms. The third-order valence-electron chi connectivity index (χ3n) is 4.22. The molecule has 1 aliphatic heterocycles. The Bertz CT molecular complexity index is 1010. The van der Waals surface area contributed by atoms with E-state index in [1.165, 1.54) is 0 Å². The fourth-order valence-corrected chi connectivity index (χ4v) is 3.38. The number of halogens is 1.